The molecule has 5 heterocycles. The summed E-state index contributed by atoms with van der Waals surface area (Å²) in [6, 6.07) is 30.1. The van der Waals surface area contributed by atoms with Gasteiger partial charge in [-0.3, -0.25) is 9.59 Å². The highest BCUT2D eigenvalue weighted by Gasteiger charge is 2.24. The molecule has 7 aromatic rings. The molecule has 9 nitrogen and oxygen atoms in total. The van der Waals surface area contributed by atoms with Gasteiger partial charge in [0.15, 0.2) is 0 Å². The summed E-state index contributed by atoms with van der Waals surface area (Å²) in [5, 5.41) is 14.5. The van der Waals surface area contributed by atoms with E-state index in [0.717, 1.165) is 11.1 Å². The van der Waals surface area contributed by atoms with Gasteiger partial charge in [-0.25, -0.2) is 9.97 Å². The van der Waals surface area contributed by atoms with Crippen molar-refractivity contribution in [2.45, 2.75) is 25.3 Å². The van der Waals surface area contributed by atoms with Crippen molar-refractivity contribution < 1.29 is 14.7 Å². The van der Waals surface area contributed by atoms with E-state index in [9.17, 15) is 9.59 Å². The number of nitrogens with one attached hydrogen (secondary N) is 3. The Labute approximate surface area is 408 Å². The summed E-state index contributed by atoms with van der Waals surface area (Å²) < 4.78 is 0. The minimum atomic E-state index is -1.04. The van der Waals surface area contributed by atoms with Crippen molar-refractivity contribution in [1.82, 2.24) is 25.3 Å². The Kier molecular flexibility index (Phi) is 13.1. The van der Waals surface area contributed by atoms with E-state index in [1.165, 1.54) is 0 Å². The van der Waals surface area contributed by atoms with Crippen LogP contribution in [0.1, 0.15) is 52.4 Å². The third kappa shape index (κ3) is 8.88. The summed E-state index contributed by atoms with van der Waals surface area (Å²) in [7, 11) is 0. The molecule has 66 heavy (non-hydrogen) atoms. The lowest BCUT2D eigenvalue weighted by Crippen LogP contribution is -2.30. The number of carboxylic acids is 1. The second-order valence-corrected chi connectivity index (χ2v) is 18.0. The smallest absolute Gasteiger partial charge is 0.320 e. The maximum absolute atomic E-state index is 13.3. The molecule has 4 aromatic carbocycles. The molecule has 2 aliphatic heterocycles. The monoisotopic (exact) mass is 990 g/mol. The number of nitrogens with zero attached hydrogens (tertiary/aromatic N) is 2. The SMILES string of the molecule is NC(CCCCNC(=O)c1ccc(-c2c3nc(c(-c4c(Cl)cccc4Cl)c4ccc([nH]4)c(-c4c(Cl)cccc4Cl)c4nc(c(-c5c(Cl)cccc5Cl)c5ccc2[nH]5)C=C4)C=C3)cc1)C(=O)O. The number of nitrogens with two attached hydrogens (primary N) is 1. The zero-order valence-corrected chi connectivity index (χ0v) is 39.1. The molecular formula is C51H36Cl6N6O3. The molecule has 1 unspecified atom stereocenters. The first-order valence-corrected chi connectivity index (χ1v) is 23.0. The molecular weight excluding hydrogens is 957 g/mol. The summed E-state index contributed by atoms with van der Waals surface area (Å²) in [6.07, 6.45) is 9.12. The zero-order valence-electron chi connectivity index (χ0n) is 34.5. The van der Waals surface area contributed by atoms with Crippen LogP contribution in [0, 0.1) is 0 Å². The zero-order chi connectivity index (χ0) is 46.2. The van der Waals surface area contributed by atoms with E-state index in [-0.39, 0.29) is 5.91 Å². The quantitative estimate of drug-likeness (QED) is 0.0815. The summed E-state index contributed by atoms with van der Waals surface area (Å²) in [4.78, 5) is 42.2. The molecule has 6 N–H and O–H groups in total. The van der Waals surface area contributed by atoms with Crippen LogP contribution in [0.4, 0.5) is 0 Å². The van der Waals surface area contributed by atoms with E-state index < -0.39 is 12.0 Å². The highest BCUT2D eigenvalue weighted by molar-refractivity contribution is 6.41. The second kappa shape index (κ2) is 19.1. The average molecular weight is 994 g/mol. The van der Waals surface area contributed by atoms with Gasteiger partial charge >= 0.3 is 5.97 Å². The highest BCUT2D eigenvalue weighted by atomic mass is 35.5. The van der Waals surface area contributed by atoms with Crippen molar-refractivity contribution >= 4 is 128 Å². The number of carbonyl (C=O) groups is 2. The molecule has 1 atom stereocenters. The summed E-state index contributed by atoms with van der Waals surface area (Å²) in [5.41, 5.74) is 16.2. The Bertz CT molecular complexity index is 3230. The lowest BCUT2D eigenvalue weighted by Gasteiger charge is -2.11. The van der Waals surface area contributed by atoms with Crippen molar-refractivity contribution in [3.05, 3.63) is 162 Å². The van der Waals surface area contributed by atoms with Crippen LogP contribution in [0.2, 0.25) is 30.1 Å². The summed E-state index contributed by atoms with van der Waals surface area (Å²) in [5.74, 6) is -1.31. The van der Waals surface area contributed by atoms with Gasteiger partial charge in [-0.2, -0.15) is 0 Å². The fourth-order valence-electron chi connectivity index (χ4n) is 8.21. The number of fused-ring (bicyclic) bond motifs is 8. The van der Waals surface area contributed by atoms with Crippen LogP contribution >= 0.6 is 69.6 Å². The second-order valence-electron chi connectivity index (χ2n) is 15.6. The number of carbonyl (C=O) groups excluding carboxylic acids is 1. The van der Waals surface area contributed by atoms with Gasteiger partial charge in [0, 0.05) is 73.1 Å². The minimum Gasteiger partial charge on any atom is -0.480 e. The number of halogens is 6. The molecule has 0 fully saturated rings. The molecule has 0 saturated heterocycles. The normalized spacial score (nSPS) is 12.4. The predicted molar refractivity (Wildman–Crippen MR) is 272 cm³/mol. The first kappa shape index (κ1) is 45.3. The van der Waals surface area contributed by atoms with Gasteiger partial charge in [-0.15, -0.1) is 0 Å². The first-order valence-electron chi connectivity index (χ1n) is 20.7. The Balaban J connectivity index is 1.32. The van der Waals surface area contributed by atoms with Gasteiger partial charge in [0.25, 0.3) is 5.91 Å². The van der Waals surface area contributed by atoms with Gasteiger partial charge in [-0.1, -0.05) is 99.9 Å². The van der Waals surface area contributed by atoms with Crippen molar-refractivity contribution in [2.75, 3.05) is 6.54 Å². The number of H-pyrrole nitrogens is 2. The maximum Gasteiger partial charge on any atom is 0.320 e. The number of aromatic amines is 2. The molecule has 0 saturated carbocycles. The number of rotatable bonds is 11. The van der Waals surface area contributed by atoms with Crippen LogP contribution in [-0.2, 0) is 4.79 Å². The molecule has 0 aliphatic carbocycles. The van der Waals surface area contributed by atoms with Gasteiger partial charge < -0.3 is 26.1 Å². The van der Waals surface area contributed by atoms with Gasteiger partial charge in [0.2, 0.25) is 0 Å². The lowest BCUT2D eigenvalue weighted by molar-refractivity contribution is -0.138. The van der Waals surface area contributed by atoms with Crippen LogP contribution in [0.25, 0.3) is 90.9 Å². The fourth-order valence-corrected chi connectivity index (χ4v) is 9.97. The standard InChI is InChI=1S/C51H36Cl6N6O3/c52-28-6-3-7-29(53)44(28)47-37-19-17-35(60-37)43(26-13-15-27(16-14-26)50(64)59-25-2-1-12-34(58)51(65)66)36-18-20-38(61-36)48(45-30(54)8-4-9-31(45)55)40-22-24-42(63-40)49(41-23-21-39(47)62-41)46-32(56)10-5-11-33(46)57/h3-11,13-24,34,60,63H,1-2,12,25,58H2,(H,59,64)(H,65,66). The average Bonchev–Trinajstić information content (AvgIpc) is 4.14. The van der Waals surface area contributed by atoms with E-state index in [2.05, 4.69) is 15.3 Å². The van der Waals surface area contributed by atoms with Crippen molar-refractivity contribution in [2.24, 2.45) is 5.73 Å². The number of carboxylic acid groups (broad SMARTS) is 1. The largest absolute Gasteiger partial charge is 0.480 e. The number of aromatic nitrogens is 4. The molecule has 2 aliphatic rings. The van der Waals surface area contributed by atoms with Gasteiger partial charge in [-0.05, 0) is 122 Å². The molecule has 3 aromatic heterocycles. The Hall–Kier alpha value is -5.88. The number of benzene rings is 4. The number of aliphatic carboxylic acids is 1. The van der Waals surface area contributed by atoms with Crippen LogP contribution in [-0.4, -0.2) is 49.5 Å². The van der Waals surface area contributed by atoms with Crippen LogP contribution in [0.3, 0.4) is 0 Å². The van der Waals surface area contributed by atoms with Crippen molar-refractivity contribution in [3.63, 3.8) is 0 Å². The van der Waals surface area contributed by atoms with Crippen molar-refractivity contribution in [1.29, 1.82) is 0 Å². The van der Waals surface area contributed by atoms with E-state index in [0.29, 0.717) is 140 Å². The van der Waals surface area contributed by atoms with Gasteiger partial charge in [0.1, 0.15) is 6.04 Å². The lowest BCUT2D eigenvalue weighted by atomic mass is 10.0. The van der Waals surface area contributed by atoms with E-state index in [4.69, 9.17) is 90.4 Å². The Morgan fingerprint density at radius 3 is 1.26 bits per heavy atom. The molecule has 330 valence electrons. The Morgan fingerprint density at radius 2 is 0.879 bits per heavy atom. The van der Waals surface area contributed by atoms with Crippen LogP contribution in [0.15, 0.2) is 103 Å². The number of unbranched alkanes of at least 4 members (excludes halogenated alkanes) is 1. The van der Waals surface area contributed by atoms with Crippen LogP contribution in [0.5, 0.6) is 0 Å². The first-order chi connectivity index (χ1) is 31.9. The molecule has 8 bridgehead atoms. The number of amides is 1. The Morgan fingerprint density at radius 1 is 0.515 bits per heavy atom. The predicted octanol–water partition coefficient (Wildman–Crippen LogP) is 14.6. The van der Waals surface area contributed by atoms with Crippen molar-refractivity contribution in [3.8, 4) is 44.5 Å². The van der Waals surface area contributed by atoms with E-state index >= 15 is 0 Å². The van der Waals surface area contributed by atoms with E-state index in [1.807, 2.05) is 60.7 Å². The number of hydrogen-bond acceptors (Lipinski definition) is 5. The molecule has 1 amide bonds. The third-order valence-corrected chi connectivity index (χ3v) is 13.3. The molecule has 15 heteroatoms. The molecule has 0 spiro atoms. The van der Waals surface area contributed by atoms with Crippen LogP contribution < -0.4 is 11.1 Å². The summed E-state index contributed by atoms with van der Waals surface area (Å²) in [6.45, 7) is 0.369. The van der Waals surface area contributed by atoms with Gasteiger partial charge in [0.05, 0.1) is 52.9 Å². The third-order valence-electron chi connectivity index (χ3n) is 11.4. The van der Waals surface area contributed by atoms with E-state index in [1.54, 1.807) is 66.7 Å². The minimum absolute atomic E-state index is 0.265. The fraction of sp³-hybridized carbons (Fsp3) is 0.0980. The molecule has 0 radical (unpaired) electrons. The summed E-state index contributed by atoms with van der Waals surface area (Å²) >= 11 is 41.9. The number of hydrogen-bond donors (Lipinski definition) is 5. The highest BCUT2D eigenvalue weighted by Crippen LogP contribution is 2.45. The molecule has 9 rings (SSSR count). The topological polar surface area (TPSA) is 150 Å². The maximum atomic E-state index is 13.3.